The minimum Gasteiger partial charge on any atom is -0.388 e. The van der Waals surface area contributed by atoms with Crippen LogP contribution in [0.25, 0.3) is 0 Å². The highest BCUT2D eigenvalue weighted by Gasteiger charge is 2.28. The summed E-state index contributed by atoms with van der Waals surface area (Å²) in [4.78, 5) is 13.5. The van der Waals surface area contributed by atoms with E-state index in [2.05, 4.69) is 12.6 Å². The molecule has 2 rings (SSSR count). The molecule has 1 N–H and O–H groups in total. The van der Waals surface area contributed by atoms with Crippen LogP contribution in [0.15, 0.2) is 30.3 Å². The van der Waals surface area contributed by atoms with Gasteiger partial charge >= 0.3 is 0 Å². The summed E-state index contributed by atoms with van der Waals surface area (Å²) in [6.07, 6.45) is 0.703. The minimum atomic E-state index is -0.492. The van der Waals surface area contributed by atoms with Gasteiger partial charge in [0.2, 0.25) is 5.91 Å². The third-order valence-corrected chi connectivity index (χ3v) is 3.93. The second-order valence-corrected chi connectivity index (χ2v) is 5.17. The molecule has 1 aromatic rings. The topological polar surface area (TPSA) is 40.5 Å². The number of thiol groups is 1. The number of nitrogens with zero attached hydrogens (tertiary/aromatic N) is 1. The van der Waals surface area contributed by atoms with Crippen LogP contribution in [0.5, 0.6) is 0 Å². The third kappa shape index (κ3) is 3.27. The van der Waals surface area contributed by atoms with Gasteiger partial charge in [0.05, 0.1) is 6.10 Å². The normalized spacial score (nSPS) is 21.3. The van der Waals surface area contributed by atoms with Crippen molar-refractivity contribution in [2.75, 3.05) is 18.8 Å². The van der Waals surface area contributed by atoms with E-state index in [1.165, 1.54) is 0 Å². The van der Waals surface area contributed by atoms with Crippen molar-refractivity contribution in [2.24, 2.45) is 5.92 Å². The minimum absolute atomic E-state index is 0.189. The van der Waals surface area contributed by atoms with Crippen molar-refractivity contribution >= 4 is 18.5 Å². The highest BCUT2D eigenvalue weighted by molar-refractivity contribution is 7.80. The molecule has 1 aliphatic heterocycles. The van der Waals surface area contributed by atoms with Gasteiger partial charge in [0.1, 0.15) is 0 Å². The first kappa shape index (κ1) is 13.4. The zero-order chi connectivity index (χ0) is 13.0. The molecule has 0 saturated carbocycles. The van der Waals surface area contributed by atoms with Crippen molar-refractivity contribution in [1.82, 2.24) is 4.90 Å². The average Bonchev–Trinajstić information content (AvgIpc) is 2.77. The van der Waals surface area contributed by atoms with Gasteiger partial charge in [0, 0.05) is 19.5 Å². The summed E-state index contributed by atoms with van der Waals surface area (Å²) in [5.74, 6) is 1.31. The number of rotatable bonds is 5. The standard InChI is InChI=1S/C14H19NO2S/c16-13(12-4-2-1-3-5-12)6-7-15-9-11(10-18)8-14(15)17/h1-5,11,13,16,18H,6-10H2. The number of benzene rings is 1. The van der Waals surface area contributed by atoms with E-state index in [1.54, 1.807) is 0 Å². The van der Waals surface area contributed by atoms with Crippen molar-refractivity contribution in [3.8, 4) is 0 Å². The number of carbonyl (C=O) groups is 1. The molecule has 2 atom stereocenters. The molecule has 0 radical (unpaired) electrons. The van der Waals surface area contributed by atoms with Crippen LogP contribution in [0.1, 0.15) is 24.5 Å². The zero-order valence-corrected chi connectivity index (χ0v) is 11.2. The predicted octanol–water partition coefficient (Wildman–Crippen LogP) is 1.89. The van der Waals surface area contributed by atoms with E-state index in [4.69, 9.17) is 0 Å². The Morgan fingerprint density at radius 1 is 1.39 bits per heavy atom. The van der Waals surface area contributed by atoms with Gasteiger partial charge in [-0.25, -0.2) is 0 Å². The maximum absolute atomic E-state index is 11.7. The second-order valence-electron chi connectivity index (χ2n) is 4.81. The van der Waals surface area contributed by atoms with E-state index in [-0.39, 0.29) is 5.91 Å². The van der Waals surface area contributed by atoms with Gasteiger partial charge in [0.15, 0.2) is 0 Å². The maximum atomic E-state index is 11.7. The smallest absolute Gasteiger partial charge is 0.222 e. The Morgan fingerprint density at radius 3 is 2.72 bits per heavy atom. The quantitative estimate of drug-likeness (QED) is 0.798. The summed E-state index contributed by atoms with van der Waals surface area (Å²) in [5, 5.41) is 10.0. The van der Waals surface area contributed by atoms with E-state index >= 15 is 0 Å². The van der Waals surface area contributed by atoms with Gasteiger partial charge in [-0.1, -0.05) is 30.3 Å². The molecular formula is C14H19NO2S. The molecule has 0 aliphatic carbocycles. The first-order valence-electron chi connectivity index (χ1n) is 6.32. The second kappa shape index (κ2) is 6.25. The highest BCUT2D eigenvalue weighted by atomic mass is 32.1. The first-order chi connectivity index (χ1) is 8.70. The Hall–Kier alpha value is -1.00. The molecule has 0 aromatic heterocycles. The molecule has 1 heterocycles. The van der Waals surface area contributed by atoms with E-state index < -0.39 is 6.10 Å². The Balaban J connectivity index is 1.83. The molecule has 1 aromatic carbocycles. The largest absolute Gasteiger partial charge is 0.388 e. The van der Waals surface area contributed by atoms with Crippen LogP contribution < -0.4 is 0 Å². The van der Waals surface area contributed by atoms with Crippen LogP contribution in [0.2, 0.25) is 0 Å². The number of amides is 1. The molecule has 0 bridgehead atoms. The number of aliphatic hydroxyl groups excluding tert-OH is 1. The maximum Gasteiger partial charge on any atom is 0.222 e. The zero-order valence-electron chi connectivity index (χ0n) is 10.3. The Labute approximate surface area is 113 Å². The van der Waals surface area contributed by atoms with Crippen LogP contribution in [-0.2, 0) is 4.79 Å². The fraction of sp³-hybridized carbons (Fsp3) is 0.500. The fourth-order valence-corrected chi connectivity index (χ4v) is 2.56. The van der Waals surface area contributed by atoms with Gasteiger partial charge in [-0.15, -0.1) is 0 Å². The van der Waals surface area contributed by atoms with Gasteiger partial charge < -0.3 is 10.0 Å². The molecule has 18 heavy (non-hydrogen) atoms. The molecule has 2 unspecified atom stereocenters. The van der Waals surface area contributed by atoms with Gasteiger partial charge in [-0.2, -0.15) is 12.6 Å². The first-order valence-corrected chi connectivity index (χ1v) is 6.95. The van der Waals surface area contributed by atoms with Crippen molar-refractivity contribution in [3.63, 3.8) is 0 Å². The van der Waals surface area contributed by atoms with Crippen molar-refractivity contribution in [2.45, 2.75) is 18.9 Å². The number of carbonyl (C=O) groups excluding carboxylic acids is 1. The number of hydrogen-bond acceptors (Lipinski definition) is 3. The van der Waals surface area contributed by atoms with Gasteiger partial charge in [-0.3, -0.25) is 4.79 Å². The van der Waals surface area contributed by atoms with E-state index in [0.29, 0.717) is 25.3 Å². The SMILES string of the molecule is O=C1CC(CS)CN1CCC(O)c1ccccc1. The van der Waals surface area contributed by atoms with Crippen LogP contribution >= 0.6 is 12.6 Å². The monoisotopic (exact) mass is 265 g/mol. The van der Waals surface area contributed by atoms with Crippen LogP contribution in [-0.4, -0.2) is 34.8 Å². The third-order valence-electron chi connectivity index (χ3n) is 3.41. The molecule has 1 fully saturated rings. The lowest BCUT2D eigenvalue weighted by molar-refractivity contribution is -0.128. The van der Waals surface area contributed by atoms with E-state index in [0.717, 1.165) is 17.9 Å². The summed E-state index contributed by atoms with van der Waals surface area (Å²) >= 11 is 4.23. The van der Waals surface area contributed by atoms with Crippen molar-refractivity contribution < 1.29 is 9.90 Å². The van der Waals surface area contributed by atoms with Crippen LogP contribution in [0, 0.1) is 5.92 Å². The molecular weight excluding hydrogens is 246 g/mol. The van der Waals surface area contributed by atoms with Gasteiger partial charge in [0.25, 0.3) is 0 Å². The summed E-state index contributed by atoms with van der Waals surface area (Å²) in [6, 6.07) is 9.57. The van der Waals surface area contributed by atoms with Gasteiger partial charge in [-0.05, 0) is 23.7 Å². The average molecular weight is 265 g/mol. The summed E-state index contributed by atoms with van der Waals surface area (Å²) in [7, 11) is 0. The lowest BCUT2D eigenvalue weighted by Gasteiger charge is -2.19. The van der Waals surface area contributed by atoms with Crippen LogP contribution in [0.3, 0.4) is 0 Å². The molecule has 1 amide bonds. The summed E-state index contributed by atoms with van der Waals surface area (Å²) < 4.78 is 0. The molecule has 4 heteroatoms. The van der Waals surface area contributed by atoms with Crippen molar-refractivity contribution in [3.05, 3.63) is 35.9 Å². The Morgan fingerprint density at radius 2 is 2.11 bits per heavy atom. The summed E-state index contributed by atoms with van der Waals surface area (Å²) in [6.45, 7) is 1.41. The number of aliphatic hydroxyl groups is 1. The molecule has 0 spiro atoms. The summed E-state index contributed by atoms with van der Waals surface area (Å²) in [5.41, 5.74) is 0.912. The van der Waals surface area contributed by atoms with Crippen molar-refractivity contribution in [1.29, 1.82) is 0 Å². The number of likely N-dealkylation sites (tertiary alicyclic amines) is 1. The highest BCUT2D eigenvalue weighted by Crippen LogP contribution is 2.22. The lowest BCUT2D eigenvalue weighted by Crippen LogP contribution is -2.27. The fourth-order valence-electron chi connectivity index (χ4n) is 2.31. The lowest BCUT2D eigenvalue weighted by atomic mass is 10.1. The van der Waals surface area contributed by atoms with Crippen LogP contribution in [0.4, 0.5) is 0 Å². The molecule has 98 valence electrons. The Kier molecular flexibility index (Phi) is 4.66. The predicted molar refractivity (Wildman–Crippen MR) is 74.6 cm³/mol. The molecule has 1 saturated heterocycles. The van der Waals surface area contributed by atoms with E-state index in [1.807, 2.05) is 35.2 Å². The Bertz CT molecular complexity index is 396. The number of hydrogen-bond donors (Lipinski definition) is 2. The molecule has 3 nitrogen and oxygen atoms in total. The molecule has 1 aliphatic rings. The van der Waals surface area contributed by atoms with E-state index in [9.17, 15) is 9.90 Å².